The maximum Gasteiger partial charge on any atom is 0.150 e. The van der Waals surface area contributed by atoms with Crippen LogP contribution in [0, 0.1) is 5.82 Å². The minimum Gasteiger partial charge on any atom is -0.489 e. The van der Waals surface area contributed by atoms with Crippen LogP contribution in [0.3, 0.4) is 0 Å². The summed E-state index contributed by atoms with van der Waals surface area (Å²) in [5, 5.41) is 0.321. The number of hydrogen-bond acceptors (Lipinski definition) is 2. The second-order valence-electron chi connectivity index (χ2n) is 3.71. The van der Waals surface area contributed by atoms with Crippen LogP contribution in [0.2, 0.25) is 5.02 Å². The summed E-state index contributed by atoms with van der Waals surface area (Å²) in [7, 11) is 0. The Morgan fingerprint density at radius 3 is 2.78 bits per heavy atom. The number of benzene rings is 2. The largest absolute Gasteiger partial charge is 0.489 e. The van der Waals surface area contributed by atoms with Crippen LogP contribution < -0.4 is 4.74 Å². The number of halogens is 2. The van der Waals surface area contributed by atoms with Crippen molar-refractivity contribution in [2.24, 2.45) is 0 Å². The quantitative estimate of drug-likeness (QED) is 0.784. The third-order valence-electron chi connectivity index (χ3n) is 2.40. The number of rotatable bonds is 4. The van der Waals surface area contributed by atoms with Crippen molar-refractivity contribution < 1.29 is 13.9 Å². The zero-order valence-corrected chi connectivity index (χ0v) is 10.2. The molecule has 0 unspecified atom stereocenters. The summed E-state index contributed by atoms with van der Waals surface area (Å²) in [5.74, 6) is 0.187. The molecule has 0 aliphatic carbocycles. The average Bonchev–Trinajstić information content (AvgIpc) is 2.38. The SMILES string of the molecule is O=Cc1cccc(OCc2ccc(F)cc2Cl)c1. The summed E-state index contributed by atoms with van der Waals surface area (Å²) in [4.78, 5) is 10.6. The van der Waals surface area contributed by atoms with Crippen LogP contribution in [0.4, 0.5) is 4.39 Å². The molecule has 0 bridgehead atoms. The molecule has 0 saturated heterocycles. The zero-order chi connectivity index (χ0) is 13.0. The fourth-order valence-electron chi connectivity index (χ4n) is 1.48. The van der Waals surface area contributed by atoms with Gasteiger partial charge in [-0.2, -0.15) is 0 Å². The molecule has 0 fully saturated rings. The van der Waals surface area contributed by atoms with Gasteiger partial charge in [-0.1, -0.05) is 29.8 Å². The van der Waals surface area contributed by atoms with Crippen LogP contribution in [0.25, 0.3) is 0 Å². The molecule has 0 aliphatic rings. The molecule has 0 aromatic heterocycles. The van der Waals surface area contributed by atoms with Gasteiger partial charge in [-0.05, 0) is 24.3 Å². The van der Waals surface area contributed by atoms with Gasteiger partial charge in [0, 0.05) is 11.1 Å². The van der Waals surface area contributed by atoms with E-state index in [1.54, 1.807) is 30.3 Å². The van der Waals surface area contributed by atoms with Crippen LogP contribution in [0.15, 0.2) is 42.5 Å². The number of ether oxygens (including phenoxy) is 1. The molecule has 92 valence electrons. The van der Waals surface area contributed by atoms with Gasteiger partial charge in [0.05, 0.1) is 5.02 Å². The van der Waals surface area contributed by atoms with E-state index in [1.807, 2.05) is 0 Å². The highest BCUT2D eigenvalue weighted by atomic mass is 35.5. The summed E-state index contributed by atoms with van der Waals surface area (Å²) >= 11 is 5.88. The maximum absolute atomic E-state index is 12.8. The third-order valence-corrected chi connectivity index (χ3v) is 2.76. The summed E-state index contributed by atoms with van der Waals surface area (Å²) in [5.41, 5.74) is 1.23. The van der Waals surface area contributed by atoms with Crippen LogP contribution in [-0.4, -0.2) is 6.29 Å². The van der Waals surface area contributed by atoms with Gasteiger partial charge in [0.2, 0.25) is 0 Å². The Balaban J connectivity index is 2.08. The van der Waals surface area contributed by atoms with Gasteiger partial charge in [0.25, 0.3) is 0 Å². The Bertz CT molecular complexity index is 569. The van der Waals surface area contributed by atoms with Crippen molar-refractivity contribution in [2.45, 2.75) is 6.61 Å². The Labute approximate surface area is 109 Å². The normalized spacial score (nSPS) is 10.1. The first-order chi connectivity index (χ1) is 8.69. The van der Waals surface area contributed by atoms with Crippen molar-refractivity contribution in [3.8, 4) is 5.75 Å². The van der Waals surface area contributed by atoms with Crippen LogP contribution >= 0.6 is 11.6 Å². The molecule has 0 amide bonds. The van der Waals surface area contributed by atoms with Crippen molar-refractivity contribution in [3.63, 3.8) is 0 Å². The monoisotopic (exact) mass is 264 g/mol. The van der Waals surface area contributed by atoms with E-state index < -0.39 is 0 Å². The van der Waals surface area contributed by atoms with Gasteiger partial charge < -0.3 is 4.74 Å². The fraction of sp³-hybridized carbons (Fsp3) is 0.0714. The molecule has 0 heterocycles. The van der Waals surface area contributed by atoms with Crippen molar-refractivity contribution in [3.05, 3.63) is 64.4 Å². The van der Waals surface area contributed by atoms with Crippen molar-refractivity contribution in [1.82, 2.24) is 0 Å². The average molecular weight is 265 g/mol. The molecule has 0 spiro atoms. The highest BCUT2D eigenvalue weighted by molar-refractivity contribution is 6.31. The topological polar surface area (TPSA) is 26.3 Å². The van der Waals surface area contributed by atoms with Crippen LogP contribution in [0.5, 0.6) is 5.75 Å². The van der Waals surface area contributed by atoms with E-state index in [-0.39, 0.29) is 12.4 Å². The second kappa shape index (κ2) is 5.65. The summed E-state index contributed by atoms with van der Waals surface area (Å²) in [6, 6.07) is 10.9. The standard InChI is InChI=1S/C14H10ClFO2/c15-14-7-12(16)5-4-11(14)9-18-13-3-1-2-10(6-13)8-17/h1-8H,9H2. The molecule has 18 heavy (non-hydrogen) atoms. The van der Waals surface area contributed by atoms with E-state index >= 15 is 0 Å². The molecular weight excluding hydrogens is 255 g/mol. The van der Waals surface area contributed by atoms with E-state index in [4.69, 9.17) is 16.3 Å². The number of hydrogen-bond donors (Lipinski definition) is 0. The molecule has 2 aromatic carbocycles. The molecule has 0 N–H and O–H groups in total. The lowest BCUT2D eigenvalue weighted by molar-refractivity contribution is 0.112. The first kappa shape index (κ1) is 12.6. The van der Waals surface area contributed by atoms with Gasteiger partial charge in [0.15, 0.2) is 0 Å². The third kappa shape index (κ3) is 3.08. The Kier molecular flexibility index (Phi) is 3.95. The molecule has 0 radical (unpaired) electrons. The predicted octanol–water partition coefficient (Wildman–Crippen LogP) is 3.87. The molecule has 0 atom stereocenters. The Morgan fingerprint density at radius 2 is 2.06 bits per heavy atom. The summed E-state index contributed by atoms with van der Waals surface area (Å²) < 4.78 is 18.3. The van der Waals surface area contributed by atoms with E-state index in [1.165, 1.54) is 12.1 Å². The number of carbonyl (C=O) groups excluding carboxylic acids is 1. The lowest BCUT2D eigenvalue weighted by Gasteiger charge is -2.08. The molecule has 4 heteroatoms. The van der Waals surface area contributed by atoms with Gasteiger partial charge >= 0.3 is 0 Å². The van der Waals surface area contributed by atoms with Gasteiger partial charge in [-0.3, -0.25) is 4.79 Å². The lowest BCUT2D eigenvalue weighted by Crippen LogP contribution is -1.97. The molecule has 2 rings (SSSR count). The van der Waals surface area contributed by atoms with Crippen molar-refractivity contribution in [1.29, 1.82) is 0 Å². The predicted molar refractivity (Wildman–Crippen MR) is 67.6 cm³/mol. The smallest absolute Gasteiger partial charge is 0.150 e. The first-order valence-corrected chi connectivity index (χ1v) is 5.69. The van der Waals surface area contributed by atoms with Gasteiger partial charge in [-0.25, -0.2) is 4.39 Å². The Hall–Kier alpha value is -1.87. The molecular formula is C14H10ClFO2. The minimum atomic E-state index is -0.383. The molecule has 2 aromatic rings. The Morgan fingerprint density at radius 1 is 1.22 bits per heavy atom. The lowest BCUT2D eigenvalue weighted by atomic mass is 10.2. The maximum atomic E-state index is 12.8. The van der Waals surface area contributed by atoms with E-state index in [0.717, 1.165) is 6.29 Å². The highest BCUT2D eigenvalue weighted by Crippen LogP contribution is 2.20. The minimum absolute atomic E-state index is 0.224. The van der Waals surface area contributed by atoms with Crippen molar-refractivity contribution >= 4 is 17.9 Å². The van der Waals surface area contributed by atoms with Crippen LogP contribution in [0.1, 0.15) is 15.9 Å². The number of carbonyl (C=O) groups is 1. The van der Waals surface area contributed by atoms with E-state index in [2.05, 4.69) is 0 Å². The fourth-order valence-corrected chi connectivity index (χ4v) is 1.70. The first-order valence-electron chi connectivity index (χ1n) is 5.31. The highest BCUT2D eigenvalue weighted by Gasteiger charge is 2.03. The molecule has 0 saturated carbocycles. The van der Waals surface area contributed by atoms with Gasteiger partial charge in [0.1, 0.15) is 24.5 Å². The summed E-state index contributed by atoms with van der Waals surface area (Å²) in [6.07, 6.45) is 0.748. The second-order valence-corrected chi connectivity index (χ2v) is 4.12. The molecule has 0 aliphatic heterocycles. The number of aldehydes is 1. The van der Waals surface area contributed by atoms with E-state index in [0.29, 0.717) is 21.9 Å². The van der Waals surface area contributed by atoms with Crippen molar-refractivity contribution in [2.75, 3.05) is 0 Å². The molecule has 2 nitrogen and oxygen atoms in total. The summed E-state index contributed by atoms with van der Waals surface area (Å²) in [6.45, 7) is 0.224. The van der Waals surface area contributed by atoms with Crippen LogP contribution in [-0.2, 0) is 6.61 Å². The van der Waals surface area contributed by atoms with E-state index in [9.17, 15) is 9.18 Å². The van der Waals surface area contributed by atoms with Gasteiger partial charge in [-0.15, -0.1) is 0 Å². The zero-order valence-electron chi connectivity index (χ0n) is 9.40.